The third kappa shape index (κ3) is 14.8. The molecule has 0 saturated carbocycles. The number of carbonyl (C=O) groups is 2. The number of alkyl halides is 3. The van der Waals surface area contributed by atoms with E-state index in [0.717, 1.165) is 6.42 Å². The van der Waals surface area contributed by atoms with Gasteiger partial charge in [0.1, 0.15) is 6.10 Å². The molecule has 1 unspecified atom stereocenters. The lowest BCUT2D eigenvalue weighted by Gasteiger charge is -2.14. The van der Waals surface area contributed by atoms with Crippen LogP contribution in [-0.2, 0) is 14.3 Å². The highest BCUT2D eigenvalue weighted by Crippen LogP contribution is 2.22. The fraction of sp³-hybridized carbons (Fsp3) is 0.875. The summed E-state index contributed by atoms with van der Waals surface area (Å²) in [4.78, 5) is 23.0. The zero-order valence-corrected chi connectivity index (χ0v) is 15.4. The second-order valence-corrected chi connectivity index (χ2v) is 7.11. The van der Waals surface area contributed by atoms with Crippen LogP contribution < -0.4 is 5.32 Å². The van der Waals surface area contributed by atoms with Crippen molar-refractivity contribution in [1.82, 2.24) is 5.32 Å². The number of hydrogen-bond donors (Lipinski definition) is 1. The van der Waals surface area contributed by atoms with Gasteiger partial charge in [0.05, 0.1) is 5.75 Å². The van der Waals surface area contributed by atoms with Gasteiger partial charge in [-0.15, -0.1) is 0 Å². The molecule has 1 N–H and O–H groups in total. The van der Waals surface area contributed by atoms with Gasteiger partial charge >= 0.3 is 6.18 Å². The van der Waals surface area contributed by atoms with Crippen LogP contribution in [0, 0.1) is 5.92 Å². The fourth-order valence-electron chi connectivity index (χ4n) is 1.72. The number of rotatable bonds is 12. The van der Waals surface area contributed by atoms with Gasteiger partial charge in [-0.2, -0.15) is 13.2 Å². The molecule has 0 fully saturated rings. The molecule has 0 spiro atoms. The normalized spacial score (nSPS) is 13.1. The number of nitrogens with one attached hydrogen (secondary N) is 1. The summed E-state index contributed by atoms with van der Waals surface area (Å²) in [5, 5.41) is 2.31. The molecule has 1 atom stereocenters. The van der Waals surface area contributed by atoms with E-state index in [4.69, 9.17) is 4.74 Å². The van der Waals surface area contributed by atoms with Gasteiger partial charge in [-0.25, -0.2) is 0 Å². The molecule has 142 valence electrons. The molecule has 0 aliphatic heterocycles. The molecule has 0 aromatic rings. The van der Waals surface area contributed by atoms with Gasteiger partial charge in [0.25, 0.3) is 0 Å². The Bertz CT molecular complexity index is 376. The first-order chi connectivity index (χ1) is 11.1. The number of thioether (sulfide) groups is 1. The Morgan fingerprint density at radius 2 is 1.79 bits per heavy atom. The predicted molar refractivity (Wildman–Crippen MR) is 89.9 cm³/mol. The van der Waals surface area contributed by atoms with Gasteiger partial charge < -0.3 is 10.1 Å². The molecule has 24 heavy (non-hydrogen) atoms. The maximum Gasteiger partial charge on any atom is 0.398 e. The van der Waals surface area contributed by atoms with E-state index in [1.165, 1.54) is 0 Å². The van der Waals surface area contributed by atoms with Gasteiger partial charge in [-0.3, -0.25) is 9.59 Å². The monoisotopic (exact) mass is 371 g/mol. The van der Waals surface area contributed by atoms with Crippen LogP contribution in [0.2, 0.25) is 0 Å². The Kier molecular flexibility index (Phi) is 12.2. The van der Waals surface area contributed by atoms with Crippen molar-refractivity contribution in [3.8, 4) is 0 Å². The van der Waals surface area contributed by atoms with Crippen molar-refractivity contribution in [1.29, 1.82) is 0 Å². The Hall–Kier alpha value is -0.760. The number of unbranched alkanes of at least 4 members (excludes halogenated alkanes) is 2. The Labute approximate surface area is 146 Å². The highest BCUT2D eigenvalue weighted by molar-refractivity contribution is 8.13. The molecule has 0 heterocycles. The van der Waals surface area contributed by atoms with Crippen LogP contribution >= 0.6 is 11.8 Å². The zero-order valence-electron chi connectivity index (χ0n) is 14.6. The largest absolute Gasteiger partial charge is 0.398 e. The molecule has 8 heteroatoms. The Morgan fingerprint density at radius 1 is 1.12 bits per heavy atom. The average Bonchev–Trinajstić information content (AvgIpc) is 2.47. The first kappa shape index (κ1) is 23.2. The van der Waals surface area contributed by atoms with Crippen molar-refractivity contribution < 1.29 is 27.5 Å². The summed E-state index contributed by atoms with van der Waals surface area (Å²) in [6.07, 6.45) is -1.88. The van der Waals surface area contributed by atoms with Crippen LogP contribution in [0.5, 0.6) is 0 Å². The second-order valence-electron chi connectivity index (χ2n) is 6.07. The minimum Gasteiger partial charge on any atom is -0.369 e. The van der Waals surface area contributed by atoms with Crippen molar-refractivity contribution in [2.75, 3.05) is 18.9 Å². The lowest BCUT2D eigenvalue weighted by molar-refractivity contribution is -0.131. The molecule has 0 aliphatic carbocycles. The molecular formula is C16H28F3NO3S. The number of amides is 1. The van der Waals surface area contributed by atoms with Crippen molar-refractivity contribution in [3.63, 3.8) is 0 Å². The quantitative estimate of drug-likeness (QED) is 0.528. The highest BCUT2D eigenvalue weighted by atomic mass is 32.2. The van der Waals surface area contributed by atoms with Gasteiger partial charge in [-0.1, -0.05) is 32.0 Å². The van der Waals surface area contributed by atoms with E-state index in [1.54, 1.807) is 6.92 Å². The molecule has 0 saturated heterocycles. The van der Waals surface area contributed by atoms with Crippen LogP contribution in [0.15, 0.2) is 0 Å². The van der Waals surface area contributed by atoms with Crippen molar-refractivity contribution in [2.45, 2.75) is 65.2 Å². The summed E-state index contributed by atoms with van der Waals surface area (Å²) in [7, 11) is 0. The minimum absolute atomic E-state index is 0.128. The first-order valence-corrected chi connectivity index (χ1v) is 9.22. The van der Waals surface area contributed by atoms with Crippen LogP contribution in [0.3, 0.4) is 0 Å². The Balaban J connectivity index is 3.58. The third-order valence-electron chi connectivity index (χ3n) is 3.19. The fourth-order valence-corrected chi connectivity index (χ4v) is 2.33. The summed E-state index contributed by atoms with van der Waals surface area (Å²) >= 11 is 0.315. The van der Waals surface area contributed by atoms with E-state index in [9.17, 15) is 22.8 Å². The highest BCUT2D eigenvalue weighted by Gasteiger charge is 2.28. The molecule has 0 bridgehead atoms. The van der Waals surface area contributed by atoms with Crippen LogP contribution in [0.25, 0.3) is 0 Å². The molecular weight excluding hydrogens is 343 g/mol. The van der Waals surface area contributed by atoms with Crippen LogP contribution in [0.1, 0.15) is 52.9 Å². The average molecular weight is 371 g/mol. The molecule has 1 amide bonds. The molecule has 0 aromatic heterocycles. The summed E-state index contributed by atoms with van der Waals surface area (Å²) < 4.78 is 41.2. The summed E-state index contributed by atoms with van der Waals surface area (Å²) in [6.45, 7) is 6.89. The van der Waals surface area contributed by atoms with Gasteiger partial charge in [-0.05, 0) is 32.1 Å². The summed E-state index contributed by atoms with van der Waals surface area (Å²) in [6, 6.07) is 0. The molecule has 4 nitrogen and oxygen atoms in total. The molecule has 0 aromatic carbocycles. The number of halogens is 3. The zero-order chi connectivity index (χ0) is 18.6. The van der Waals surface area contributed by atoms with Gasteiger partial charge in [0.15, 0.2) is 5.12 Å². The van der Waals surface area contributed by atoms with Crippen molar-refractivity contribution >= 4 is 22.8 Å². The Morgan fingerprint density at radius 3 is 2.38 bits per heavy atom. The van der Waals surface area contributed by atoms with Gasteiger partial charge in [0, 0.05) is 19.6 Å². The van der Waals surface area contributed by atoms with Crippen LogP contribution in [-0.4, -0.2) is 42.2 Å². The number of ether oxygens (including phenoxy) is 1. The SMILES string of the molecule is CC(C)CCOC(C)C(=O)NCCCCCC(=O)SCC(F)(F)F. The lowest BCUT2D eigenvalue weighted by Crippen LogP contribution is -2.35. The van der Waals surface area contributed by atoms with E-state index >= 15 is 0 Å². The molecule has 0 aliphatic rings. The smallest absolute Gasteiger partial charge is 0.369 e. The molecule has 0 radical (unpaired) electrons. The molecule has 0 rings (SSSR count). The maximum absolute atomic E-state index is 11.9. The van der Waals surface area contributed by atoms with E-state index < -0.39 is 23.1 Å². The van der Waals surface area contributed by atoms with Crippen molar-refractivity contribution in [3.05, 3.63) is 0 Å². The second kappa shape index (κ2) is 12.6. The third-order valence-corrected chi connectivity index (χ3v) is 4.18. The topological polar surface area (TPSA) is 55.4 Å². The standard InChI is InChI=1S/C16H28F3NO3S/c1-12(2)8-10-23-13(3)15(22)20-9-6-4-5-7-14(21)24-11-16(17,18)19/h12-13H,4-11H2,1-3H3,(H,20,22). The predicted octanol–water partition coefficient (Wildman–Crippen LogP) is 3.94. The van der Waals surface area contributed by atoms with Gasteiger partial charge in [0.2, 0.25) is 5.91 Å². The van der Waals surface area contributed by atoms with E-state index in [-0.39, 0.29) is 12.3 Å². The van der Waals surface area contributed by atoms with E-state index in [2.05, 4.69) is 19.2 Å². The number of hydrogen-bond acceptors (Lipinski definition) is 4. The van der Waals surface area contributed by atoms with Crippen molar-refractivity contribution in [2.24, 2.45) is 5.92 Å². The summed E-state index contributed by atoms with van der Waals surface area (Å²) in [5.41, 5.74) is 0. The first-order valence-electron chi connectivity index (χ1n) is 8.23. The minimum atomic E-state index is -4.31. The van der Waals surface area contributed by atoms with E-state index in [1.807, 2.05) is 0 Å². The maximum atomic E-state index is 11.9. The van der Waals surface area contributed by atoms with Crippen LogP contribution in [0.4, 0.5) is 13.2 Å². The van der Waals surface area contributed by atoms with E-state index in [0.29, 0.717) is 50.1 Å². The lowest BCUT2D eigenvalue weighted by atomic mass is 10.1. The summed E-state index contributed by atoms with van der Waals surface area (Å²) in [5.74, 6) is -0.774. The number of carbonyl (C=O) groups excluding carboxylic acids is 2.